The highest BCUT2D eigenvalue weighted by atomic mass is 127. The highest BCUT2D eigenvalue weighted by Crippen LogP contribution is 2.50. The maximum Gasteiger partial charge on any atom is 0.339 e. The zero-order chi connectivity index (χ0) is 86.8. The molecular weight excluding hydrogens is 1860 g/mol. The first kappa shape index (κ1) is 97.4. The molecule has 14 nitrogen and oxygen atoms in total. The molecule has 0 aromatic heterocycles. The first-order valence-electron chi connectivity index (χ1n) is 37.5. The van der Waals surface area contributed by atoms with Crippen molar-refractivity contribution < 1.29 is 62.2 Å². The summed E-state index contributed by atoms with van der Waals surface area (Å²) in [5.41, 5.74) is 28.0. The standard InChI is InChI=1S/C28H29BrO4S.C22H26BrIO3.C22H28BrNO3.C22H27BrO3S/c1-16-12-14-19(15-13-16)21-17(2)23(29)25(34-27(32)20-10-8-7-9-11-20)18(3)22(21)24(26(30)31)33-28(4,5)6;2*1-12-8-10-15(11-9-12)16-13(2)18(23)19(24)14(3)17(16)20(21(25)26-7)27-22(4,5)6;1-12-8-10-15(11-9-12)16-13(2)18(23)20(27)14(3)17(16)19(21(24)25-7)26-22(4,5)6/h7-15,24H,1-6H3,(H,30,31);8-11,20H,1-7H3;8-11,20H,24H2,1-7H3;8-11,19,27H,1-7H3/t24-;2*20-;19-/m0000/s1. The summed E-state index contributed by atoms with van der Waals surface area (Å²) in [4.78, 5) is 65.2. The van der Waals surface area contributed by atoms with Crippen molar-refractivity contribution in [2.45, 2.75) is 223 Å². The number of hydrogen-bond acceptors (Lipinski definition) is 15. The van der Waals surface area contributed by atoms with Gasteiger partial charge in [0.25, 0.3) is 0 Å². The first-order valence-corrected chi connectivity index (χ1v) is 43.0. The third kappa shape index (κ3) is 24.8. The molecule has 0 radical (unpaired) electrons. The fourth-order valence-corrected chi connectivity index (χ4v) is 17.2. The van der Waals surface area contributed by atoms with E-state index in [2.05, 4.69) is 193 Å². The van der Waals surface area contributed by atoms with Gasteiger partial charge in [-0.05, 0) is 353 Å². The van der Waals surface area contributed by atoms with E-state index < -0.39 is 64.7 Å². The summed E-state index contributed by atoms with van der Waals surface area (Å²) in [5, 5.41) is 10.1. The van der Waals surface area contributed by atoms with Gasteiger partial charge in [-0.15, -0.1) is 12.6 Å². The van der Waals surface area contributed by atoms with Gasteiger partial charge in [0.2, 0.25) is 5.12 Å². The van der Waals surface area contributed by atoms with E-state index in [0.717, 1.165) is 144 Å². The van der Waals surface area contributed by atoms with E-state index >= 15 is 0 Å². The molecule has 21 heteroatoms. The van der Waals surface area contributed by atoms with Crippen LogP contribution in [0.3, 0.4) is 0 Å². The number of rotatable bonds is 18. The van der Waals surface area contributed by atoms with Crippen LogP contribution in [-0.4, -0.2) is 77.8 Å². The van der Waals surface area contributed by atoms with Crippen molar-refractivity contribution in [1.82, 2.24) is 0 Å². The SMILES string of the molecule is COC(=O)[C@@H](OC(C)(C)C)c1c(C)c(I)c(Br)c(C)c1-c1ccc(C)cc1.COC(=O)[C@@H](OC(C)(C)C)c1c(C)c(N)c(Br)c(C)c1-c1ccc(C)cc1.COC(=O)[C@@H](OC(C)(C)C)c1c(C)c(S)c(Br)c(C)c1-c1ccc(C)cc1.Cc1ccc(-c2c(C)c(Br)c(SC(=O)c3ccccc3)c(C)c2[C@H](OC(C)(C)C)C(=O)O)cc1. The minimum atomic E-state index is -1.20. The van der Waals surface area contributed by atoms with E-state index in [0.29, 0.717) is 27.3 Å². The molecule has 9 aromatic carbocycles. The van der Waals surface area contributed by atoms with E-state index in [9.17, 15) is 29.1 Å². The minimum absolute atomic E-state index is 0.110. The number of nitrogen functional groups attached to an aromatic ring is 1. The van der Waals surface area contributed by atoms with Gasteiger partial charge in [0.1, 0.15) is 0 Å². The second-order valence-electron chi connectivity index (χ2n) is 32.4. The number of carbonyl (C=O) groups excluding carboxylic acids is 4. The van der Waals surface area contributed by atoms with Gasteiger partial charge in [-0.1, -0.05) is 150 Å². The molecule has 0 amide bonds. The minimum Gasteiger partial charge on any atom is -0.479 e. The molecule has 616 valence electrons. The second kappa shape index (κ2) is 41.0. The van der Waals surface area contributed by atoms with Crippen LogP contribution in [0.5, 0.6) is 0 Å². The Bertz CT molecular complexity index is 4680. The molecule has 0 aliphatic carbocycles. The number of halogens is 5. The van der Waals surface area contributed by atoms with Gasteiger partial charge in [-0.25, -0.2) is 19.2 Å². The molecular formula is C94H110Br4INO13S2. The van der Waals surface area contributed by atoms with Crippen LogP contribution in [0.4, 0.5) is 5.69 Å². The van der Waals surface area contributed by atoms with E-state index in [1.165, 1.54) is 38.0 Å². The maximum atomic E-state index is 13.1. The number of carboxylic acids is 1. The molecule has 0 bridgehead atoms. The molecule has 0 spiro atoms. The van der Waals surface area contributed by atoms with Crippen molar-refractivity contribution >= 4 is 145 Å². The van der Waals surface area contributed by atoms with Gasteiger partial charge in [-0.2, -0.15) is 0 Å². The smallest absolute Gasteiger partial charge is 0.339 e. The quantitative estimate of drug-likeness (QED) is 0.0183. The van der Waals surface area contributed by atoms with Gasteiger partial charge in [0, 0.05) is 64.8 Å². The topological polar surface area (TPSA) is 196 Å². The average Bonchev–Trinajstić information content (AvgIpc) is 0.773. The first-order chi connectivity index (χ1) is 53.3. The summed E-state index contributed by atoms with van der Waals surface area (Å²) < 4.78 is 44.5. The Hall–Kier alpha value is -6.48. The number of ether oxygens (including phenoxy) is 7. The molecule has 0 aliphatic heterocycles. The summed E-state index contributed by atoms with van der Waals surface area (Å²) >= 11 is 22.8. The summed E-state index contributed by atoms with van der Waals surface area (Å²) in [7, 11) is 4.16. The van der Waals surface area contributed by atoms with Crippen LogP contribution in [0.2, 0.25) is 0 Å². The lowest BCUT2D eigenvalue weighted by Gasteiger charge is -2.30. The van der Waals surface area contributed by atoms with E-state index in [4.69, 9.17) is 38.9 Å². The van der Waals surface area contributed by atoms with Crippen molar-refractivity contribution in [3.05, 3.63) is 243 Å². The van der Waals surface area contributed by atoms with Crippen molar-refractivity contribution in [2.24, 2.45) is 0 Å². The maximum absolute atomic E-state index is 13.1. The van der Waals surface area contributed by atoms with Crippen LogP contribution in [0, 0.1) is 86.7 Å². The Labute approximate surface area is 738 Å². The molecule has 0 saturated carbocycles. The number of thiol groups is 1. The number of carbonyl (C=O) groups is 5. The van der Waals surface area contributed by atoms with Crippen LogP contribution in [0.25, 0.3) is 44.5 Å². The Kier molecular flexibility index (Phi) is 34.7. The Morgan fingerprint density at radius 1 is 0.383 bits per heavy atom. The number of hydrogen-bond donors (Lipinski definition) is 3. The van der Waals surface area contributed by atoms with E-state index in [-0.39, 0.29) is 11.1 Å². The van der Waals surface area contributed by atoms with Gasteiger partial charge >= 0.3 is 23.9 Å². The van der Waals surface area contributed by atoms with Crippen LogP contribution in [-0.2, 0) is 52.3 Å². The Morgan fingerprint density at radius 3 is 0.974 bits per heavy atom. The van der Waals surface area contributed by atoms with Crippen molar-refractivity contribution in [2.75, 3.05) is 27.1 Å². The molecule has 115 heavy (non-hydrogen) atoms. The lowest BCUT2D eigenvalue weighted by Crippen LogP contribution is -2.29. The predicted molar refractivity (Wildman–Crippen MR) is 494 cm³/mol. The summed E-state index contributed by atoms with van der Waals surface area (Å²) in [5.74, 6) is -2.32. The molecule has 0 aliphatic rings. The number of thioether (sulfide) groups is 1. The molecule has 9 rings (SSSR count). The molecule has 0 heterocycles. The monoisotopic (exact) mass is 1970 g/mol. The Balaban J connectivity index is 0.000000240. The summed E-state index contributed by atoms with van der Waals surface area (Å²) in [6.45, 7) is 46.8. The zero-order valence-electron chi connectivity index (χ0n) is 71.1. The van der Waals surface area contributed by atoms with Crippen LogP contribution >= 0.6 is 111 Å². The molecule has 0 saturated heterocycles. The van der Waals surface area contributed by atoms with Crippen LogP contribution < -0.4 is 5.73 Å². The molecule has 0 fully saturated rings. The third-order valence-corrected chi connectivity index (χ3v) is 27.1. The zero-order valence-corrected chi connectivity index (χ0v) is 81.3. The fraction of sp³-hybridized carbons (Fsp3) is 0.372. The van der Waals surface area contributed by atoms with Crippen LogP contribution in [0.1, 0.15) is 207 Å². The number of methoxy groups -OCH3 is 3. The van der Waals surface area contributed by atoms with Gasteiger partial charge in [-0.3, -0.25) is 4.79 Å². The number of anilines is 1. The summed E-state index contributed by atoms with van der Waals surface area (Å²) in [6, 6.07) is 41.9. The molecule has 0 unspecified atom stereocenters. The summed E-state index contributed by atoms with van der Waals surface area (Å²) in [6.07, 6.45) is -3.72. The second-order valence-corrected chi connectivity index (χ2v) is 38.1. The number of nitrogens with two attached hydrogens (primary N) is 1. The number of aliphatic carboxylic acids is 1. The fourth-order valence-electron chi connectivity index (χ4n) is 13.1. The largest absolute Gasteiger partial charge is 0.479 e. The van der Waals surface area contributed by atoms with E-state index in [1.807, 2.05) is 188 Å². The average molecular weight is 1970 g/mol. The lowest BCUT2D eigenvalue weighted by molar-refractivity contribution is -0.164. The van der Waals surface area contributed by atoms with Gasteiger partial charge in [0.05, 0.1) is 43.7 Å². The van der Waals surface area contributed by atoms with Gasteiger partial charge in [0.15, 0.2) is 24.4 Å². The van der Waals surface area contributed by atoms with E-state index in [1.54, 1.807) is 12.1 Å². The van der Waals surface area contributed by atoms with Gasteiger partial charge < -0.3 is 44.0 Å². The number of benzene rings is 9. The highest BCUT2D eigenvalue weighted by Gasteiger charge is 2.39. The number of carboxylic acid groups (broad SMARTS) is 1. The predicted octanol–water partition coefficient (Wildman–Crippen LogP) is 26.6. The van der Waals surface area contributed by atoms with Crippen molar-refractivity contribution in [3.8, 4) is 44.5 Å². The van der Waals surface area contributed by atoms with Crippen LogP contribution in [0.15, 0.2) is 155 Å². The van der Waals surface area contributed by atoms with Crippen molar-refractivity contribution in [1.29, 1.82) is 0 Å². The number of esters is 3. The molecule has 3 N–H and O–H groups in total. The normalized spacial score (nSPS) is 12.7. The Morgan fingerprint density at radius 2 is 0.661 bits per heavy atom. The van der Waals surface area contributed by atoms with Crippen molar-refractivity contribution in [3.63, 3.8) is 0 Å². The molecule has 4 atom stereocenters. The number of aryl methyl sites for hydroxylation is 4. The molecule has 9 aromatic rings. The highest BCUT2D eigenvalue weighted by molar-refractivity contribution is 14.1. The third-order valence-electron chi connectivity index (χ3n) is 18.7. The lowest BCUT2D eigenvalue weighted by atomic mass is 9.87.